The highest BCUT2D eigenvalue weighted by molar-refractivity contribution is 5.82. The summed E-state index contributed by atoms with van der Waals surface area (Å²) in [5, 5.41) is 9.98. The minimum absolute atomic E-state index is 0.0389. The Hall–Kier alpha value is -0.610. The maximum absolute atomic E-state index is 12.2. The molecule has 1 amide bonds. The van der Waals surface area contributed by atoms with Gasteiger partial charge >= 0.3 is 0 Å². The highest BCUT2D eigenvalue weighted by Gasteiger charge is 2.30. The molecular formula is C13H26N2O2. The Morgan fingerprint density at radius 3 is 2.71 bits per heavy atom. The summed E-state index contributed by atoms with van der Waals surface area (Å²) < 4.78 is 0. The van der Waals surface area contributed by atoms with Gasteiger partial charge in [-0.1, -0.05) is 20.3 Å². The van der Waals surface area contributed by atoms with Crippen molar-refractivity contribution in [3.05, 3.63) is 0 Å². The molecule has 0 radical (unpaired) electrons. The van der Waals surface area contributed by atoms with Crippen molar-refractivity contribution in [2.45, 2.75) is 58.1 Å². The van der Waals surface area contributed by atoms with Gasteiger partial charge in [0.15, 0.2) is 0 Å². The number of amides is 1. The predicted octanol–water partition coefficient (Wildman–Crippen LogP) is 1.12. The molecule has 3 atom stereocenters. The third kappa shape index (κ3) is 3.96. The number of hydrogen-bond acceptors (Lipinski definition) is 3. The number of hydrogen-bond donors (Lipinski definition) is 2. The molecule has 1 aliphatic heterocycles. The van der Waals surface area contributed by atoms with E-state index in [1.165, 1.54) is 0 Å². The predicted molar refractivity (Wildman–Crippen MR) is 68.5 cm³/mol. The summed E-state index contributed by atoms with van der Waals surface area (Å²) in [5.74, 6) is 0.253. The molecule has 0 aromatic heterocycles. The lowest BCUT2D eigenvalue weighted by molar-refractivity contribution is -0.133. The molecular weight excluding hydrogens is 216 g/mol. The Bertz CT molecular complexity index is 266. The number of nitrogens with two attached hydrogens (primary N) is 1. The molecule has 0 bridgehead atoms. The molecule has 0 spiro atoms. The van der Waals surface area contributed by atoms with Gasteiger partial charge in [-0.15, -0.1) is 0 Å². The summed E-state index contributed by atoms with van der Waals surface area (Å²) in [6, 6.07) is -0.400. The number of carbonyl (C=O) groups is 1. The molecule has 17 heavy (non-hydrogen) atoms. The standard InChI is InChI=1S/C13H26N2O2/c1-4-10(2)11(14)12(16)15-8-5-6-13(3,17)7-9-15/h10-11,17H,4-9,14H2,1-3H3/t10?,11-,13?/m0/s1. The molecule has 1 aliphatic rings. The van der Waals surface area contributed by atoms with Crippen LogP contribution in [0.15, 0.2) is 0 Å². The molecule has 3 N–H and O–H groups in total. The van der Waals surface area contributed by atoms with Gasteiger partial charge in [0.25, 0.3) is 0 Å². The van der Waals surface area contributed by atoms with Gasteiger partial charge in [0.2, 0.25) is 5.91 Å². The van der Waals surface area contributed by atoms with Crippen LogP contribution in [0.3, 0.4) is 0 Å². The smallest absolute Gasteiger partial charge is 0.239 e. The number of likely N-dealkylation sites (tertiary alicyclic amines) is 1. The number of carbonyl (C=O) groups excluding carboxylic acids is 1. The lowest BCUT2D eigenvalue weighted by Gasteiger charge is -2.27. The Kier molecular flexibility index (Phi) is 4.95. The van der Waals surface area contributed by atoms with Crippen LogP contribution in [-0.4, -0.2) is 40.6 Å². The van der Waals surface area contributed by atoms with Crippen molar-refractivity contribution in [3.8, 4) is 0 Å². The van der Waals surface area contributed by atoms with E-state index in [0.717, 1.165) is 25.8 Å². The van der Waals surface area contributed by atoms with Gasteiger partial charge < -0.3 is 15.7 Å². The van der Waals surface area contributed by atoms with E-state index in [0.29, 0.717) is 13.0 Å². The molecule has 1 rings (SSSR count). The van der Waals surface area contributed by atoms with Gasteiger partial charge in [0, 0.05) is 13.1 Å². The van der Waals surface area contributed by atoms with Crippen LogP contribution in [0.25, 0.3) is 0 Å². The lowest BCUT2D eigenvalue weighted by Crippen LogP contribution is -2.47. The van der Waals surface area contributed by atoms with E-state index in [1.54, 1.807) is 0 Å². The van der Waals surface area contributed by atoms with Crippen LogP contribution in [0.1, 0.15) is 46.5 Å². The highest BCUT2D eigenvalue weighted by atomic mass is 16.3. The van der Waals surface area contributed by atoms with E-state index in [1.807, 2.05) is 25.7 Å². The molecule has 100 valence electrons. The molecule has 1 heterocycles. The first-order valence-electron chi connectivity index (χ1n) is 6.64. The van der Waals surface area contributed by atoms with Crippen LogP contribution < -0.4 is 5.73 Å². The molecule has 0 saturated carbocycles. The van der Waals surface area contributed by atoms with E-state index in [-0.39, 0.29) is 11.8 Å². The maximum atomic E-state index is 12.2. The Morgan fingerprint density at radius 1 is 1.47 bits per heavy atom. The second-order valence-corrected chi connectivity index (χ2v) is 5.59. The zero-order valence-corrected chi connectivity index (χ0v) is 11.3. The second kappa shape index (κ2) is 5.83. The van der Waals surface area contributed by atoms with Crippen molar-refractivity contribution in [1.82, 2.24) is 4.90 Å². The van der Waals surface area contributed by atoms with Crippen molar-refractivity contribution < 1.29 is 9.90 Å². The Balaban J connectivity index is 2.58. The summed E-state index contributed by atoms with van der Waals surface area (Å²) in [6.45, 7) is 7.24. The van der Waals surface area contributed by atoms with Gasteiger partial charge in [0.1, 0.15) is 0 Å². The zero-order chi connectivity index (χ0) is 13.1. The van der Waals surface area contributed by atoms with Crippen molar-refractivity contribution in [2.24, 2.45) is 11.7 Å². The lowest BCUT2D eigenvalue weighted by atomic mass is 9.98. The third-order valence-corrected chi connectivity index (χ3v) is 3.92. The quantitative estimate of drug-likeness (QED) is 0.779. The molecule has 1 saturated heterocycles. The van der Waals surface area contributed by atoms with Gasteiger partial charge in [-0.3, -0.25) is 4.79 Å². The van der Waals surface area contributed by atoms with E-state index in [9.17, 15) is 9.90 Å². The summed E-state index contributed by atoms with van der Waals surface area (Å²) in [4.78, 5) is 14.0. The largest absolute Gasteiger partial charge is 0.390 e. The topological polar surface area (TPSA) is 66.6 Å². The van der Waals surface area contributed by atoms with Crippen LogP contribution >= 0.6 is 0 Å². The molecule has 0 aromatic rings. The fourth-order valence-corrected chi connectivity index (χ4v) is 2.19. The van der Waals surface area contributed by atoms with E-state index < -0.39 is 11.6 Å². The van der Waals surface area contributed by atoms with Crippen LogP contribution in [0.5, 0.6) is 0 Å². The highest BCUT2D eigenvalue weighted by Crippen LogP contribution is 2.22. The maximum Gasteiger partial charge on any atom is 0.239 e. The molecule has 0 aromatic carbocycles. The first-order chi connectivity index (χ1) is 7.87. The number of nitrogens with zero attached hydrogens (tertiary/aromatic N) is 1. The normalized spacial score (nSPS) is 29.6. The zero-order valence-electron chi connectivity index (χ0n) is 11.3. The first-order valence-corrected chi connectivity index (χ1v) is 6.64. The Labute approximate surface area is 104 Å². The summed E-state index contributed by atoms with van der Waals surface area (Å²) in [7, 11) is 0. The van der Waals surface area contributed by atoms with Gasteiger partial charge in [-0.25, -0.2) is 0 Å². The van der Waals surface area contributed by atoms with Crippen molar-refractivity contribution in [1.29, 1.82) is 0 Å². The molecule has 2 unspecified atom stereocenters. The van der Waals surface area contributed by atoms with Crippen molar-refractivity contribution in [3.63, 3.8) is 0 Å². The minimum Gasteiger partial charge on any atom is -0.390 e. The van der Waals surface area contributed by atoms with E-state index in [2.05, 4.69) is 0 Å². The minimum atomic E-state index is -0.629. The number of aliphatic hydroxyl groups is 1. The molecule has 4 nitrogen and oxygen atoms in total. The van der Waals surface area contributed by atoms with E-state index >= 15 is 0 Å². The Morgan fingerprint density at radius 2 is 2.12 bits per heavy atom. The van der Waals surface area contributed by atoms with Crippen LogP contribution in [0, 0.1) is 5.92 Å². The van der Waals surface area contributed by atoms with Gasteiger partial charge in [-0.2, -0.15) is 0 Å². The summed E-state index contributed by atoms with van der Waals surface area (Å²) in [5.41, 5.74) is 5.34. The average molecular weight is 242 g/mol. The molecule has 0 aliphatic carbocycles. The van der Waals surface area contributed by atoms with Crippen LogP contribution in [-0.2, 0) is 4.79 Å². The SMILES string of the molecule is CCC(C)[C@H](N)C(=O)N1CCCC(C)(O)CC1. The fraction of sp³-hybridized carbons (Fsp3) is 0.923. The fourth-order valence-electron chi connectivity index (χ4n) is 2.19. The second-order valence-electron chi connectivity index (χ2n) is 5.59. The monoisotopic (exact) mass is 242 g/mol. The van der Waals surface area contributed by atoms with Crippen LogP contribution in [0.2, 0.25) is 0 Å². The van der Waals surface area contributed by atoms with Gasteiger partial charge in [-0.05, 0) is 32.1 Å². The third-order valence-electron chi connectivity index (χ3n) is 3.92. The molecule has 1 fully saturated rings. The summed E-state index contributed by atoms with van der Waals surface area (Å²) in [6.07, 6.45) is 3.17. The van der Waals surface area contributed by atoms with E-state index in [4.69, 9.17) is 5.73 Å². The van der Waals surface area contributed by atoms with Crippen molar-refractivity contribution in [2.75, 3.05) is 13.1 Å². The van der Waals surface area contributed by atoms with Crippen LogP contribution in [0.4, 0.5) is 0 Å². The van der Waals surface area contributed by atoms with Crippen molar-refractivity contribution >= 4 is 5.91 Å². The van der Waals surface area contributed by atoms with Gasteiger partial charge in [0.05, 0.1) is 11.6 Å². The first kappa shape index (κ1) is 14.5. The summed E-state index contributed by atoms with van der Waals surface area (Å²) >= 11 is 0. The molecule has 4 heteroatoms. The number of rotatable bonds is 3. The average Bonchev–Trinajstić information content (AvgIpc) is 2.47.